The molecule has 5 nitrogen and oxygen atoms in total. The van der Waals surface area contributed by atoms with Crippen LogP contribution in [0.4, 0.5) is 0 Å². The SMILES string of the molecule is CCCC(C(=O)OCC)c1nc2cnccc2n1C(C)C. The van der Waals surface area contributed by atoms with Crippen LogP contribution in [0.5, 0.6) is 0 Å². The van der Waals surface area contributed by atoms with Gasteiger partial charge in [-0.3, -0.25) is 9.78 Å². The van der Waals surface area contributed by atoms with Gasteiger partial charge in [-0.1, -0.05) is 13.3 Å². The lowest BCUT2D eigenvalue weighted by molar-refractivity contribution is -0.145. The molecule has 0 saturated carbocycles. The average molecular weight is 289 g/mol. The molecule has 0 aliphatic rings. The standard InChI is InChI=1S/C16H23N3O2/c1-5-7-12(16(20)21-6-2)15-18-13-10-17-9-8-14(13)19(15)11(3)4/h8-12H,5-7H2,1-4H3. The fourth-order valence-corrected chi connectivity index (χ4v) is 2.64. The first-order valence-corrected chi connectivity index (χ1v) is 7.58. The van der Waals surface area contributed by atoms with Crippen molar-refractivity contribution in [2.45, 2.75) is 52.5 Å². The van der Waals surface area contributed by atoms with E-state index in [1.165, 1.54) is 0 Å². The Labute approximate surface area is 125 Å². The molecule has 114 valence electrons. The maximum Gasteiger partial charge on any atom is 0.316 e. The van der Waals surface area contributed by atoms with Crippen molar-refractivity contribution in [3.63, 3.8) is 0 Å². The monoisotopic (exact) mass is 289 g/mol. The number of aromatic nitrogens is 3. The lowest BCUT2D eigenvalue weighted by Gasteiger charge is -2.19. The molecule has 1 unspecified atom stereocenters. The van der Waals surface area contributed by atoms with Gasteiger partial charge in [0.2, 0.25) is 0 Å². The molecule has 0 N–H and O–H groups in total. The molecule has 0 bridgehead atoms. The Morgan fingerprint density at radius 3 is 2.76 bits per heavy atom. The largest absolute Gasteiger partial charge is 0.465 e. The molecular weight excluding hydrogens is 266 g/mol. The molecule has 0 radical (unpaired) electrons. The number of fused-ring (bicyclic) bond motifs is 1. The van der Waals surface area contributed by atoms with Crippen molar-refractivity contribution in [1.82, 2.24) is 14.5 Å². The summed E-state index contributed by atoms with van der Waals surface area (Å²) in [5, 5.41) is 0. The average Bonchev–Trinajstić information content (AvgIpc) is 2.83. The summed E-state index contributed by atoms with van der Waals surface area (Å²) in [5.74, 6) is 0.280. The normalized spacial score (nSPS) is 12.8. The van der Waals surface area contributed by atoms with E-state index in [0.717, 1.165) is 29.7 Å². The zero-order valence-corrected chi connectivity index (χ0v) is 13.2. The van der Waals surface area contributed by atoms with Gasteiger partial charge in [0.1, 0.15) is 17.3 Å². The maximum atomic E-state index is 12.3. The number of hydrogen-bond donors (Lipinski definition) is 0. The zero-order valence-electron chi connectivity index (χ0n) is 13.2. The molecule has 2 heterocycles. The van der Waals surface area contributed by atoms with Gasteiger partial charge in [-0.2, -0.15) is 0 Å². The first-order chi connectivity index (χ1) is 10.1. The van der Waals surface area contributed by atoms with E-state index in [4.69, 9.17) is 4.74 Å². The van der Waals surface area contributed by atoms with E-state index in [0.29, 0.717) is 6.61 Å². The summed E-state index contributed by atoms with van der Waals surface area (Å²) in [6.45, 7) is 8.48. The van der Waals surface area contributed by atoms with Gasteiger partial charge in [-0.05, 0) is 33.3 Å². The smallest absolute Gasteiger partial charge is 0.316 e. The molecule has 1 atom stereocenters. The fraction of sp³-hybridized carbons (Fsp3) is 0.562. The van der Waals surface area contributed by atoms with E-state index in [1.807, 2.05) is 13.0 Å². The Hall–Kier alpha value is -1.91. The summed E-state index contributed by atoms with van der Waals surface area (Å²) < 4.78 is 7.35. The molecule has 0 aliphatic carbocycles. The minimum atomic E-state index is -0.315. The molecular formula is C16H23N3O2. The summed E-state index contributed by atoms with van der Waals surface area (Å²) >= 11 is 0. The van der Waals surface area contributed by atoms with Crippen LogP contribution < -0.4 is 0 Å². The van der Waals surface area contributed by atoms with E-state index < -0.39 is 0 Å². The molecule has 0 fully saturated rings. The number of carbonyl (C=O) groups is 1. The number of pyridine rings is 1. The second-order valence-corrected chi connectivity index (χ2v) is 5.39. The third-order valence-corrected chi connectivity index (χ3v) is 3.50. The van der Waals surface area contributed by atoms with Gasteiger partial charge in [0.15, 0.2) is 0 Å². The van der Waals surface area contributed by atoms with Crippen LogP contribution in [-0.2, 0) is 9.53 Å². The van der Waals surface area contributed by atoms with E-state index in [2.05, 4.69) is 35.3 Å². The van der Waals surface area contributed by atoms with Gasteiger partial charge in [-0.25, -0.2) is 4.98 Å². The lowest BCUT2D eigenvalue weighted by Crippen LogP contribution is -2.21. The molecule has 2 rings (SSSR count). The van der Waals surface area contributed by atoms with Crippen molar-refractivity contribution in [3.8, 4) is 0 Å². The Kier molecular flexibility index (Phi) is 4.94. The van der Waals surface area contributed by atoms with Crippen LogP contribution in [0.25, 0.3) is 11.0 Å². The quantitative estimate of drug-likeness (QED) is 0.764. The van der Waals surface area contributed by atoms with E-state index in [1.54, 1.807) is 12.4 Å². The predicted octanol–water partition coefficient (Wildman–Crippen LogP) is 3.46. The van der Waals surface area contributed by atoms with Crippen LogP contribution in [0.15, 0.2) is 18.5 Å². The zero-order chi connectivity index (χ0) is 15.4. The number of hydrogen-bond acceptors (Lipinski definition) is 4. The van der Waals surface area contributed by atoms with E-state index in [9.17, 15) is 4.79 Å². The number of imidazole rings is 1. The topological polar surface area (TPSA) is 57.0 Å². The van der Waals surface area contributed by atoms with Crippen LogP contribution in [-0.4, -0.2) is 27.1 Å². The van der Waals surface area contributed by atoms with Crippen molar-refractivity contribution >= 4 is 17.0 Å². The molecule has 0 amide bonds. The molecule has 0 aromatic carbocycles. The summed E-state index contributed by atoms with van der Waals surface area (Å²) in [5.41, 5.74) is 1.84. The summed E-state index contributed by atoms with van der Waals surface area (Å²) in [7, 11) is 0. The first kappa shape index (κ1) is 15.5. The molecule has 21 heavy (non-hydrogen) atoms. The van der Waals surface area contributed by atoms with Crippen LogP contribution in [0.2, 0.25) is 0 Å². The molecule has 0 aliphatic heterocycles. The number of esters is 1. The van der Waals surface area contributed by atoms with Gasteiger partial charge in [0, 0.05) is 12.2 Å². The van der Waals surface area contributed by atoms with E-state index in [-0.39, 0.29) is 17.9 Å². The molecule has 0 saturated heterocycles. The fourth-order valence-electron chi connectivity index (χ4n) is 2.64. The maximum absolute atomic E-state index is 12.3. The Morgan fingerprint density at radius 1 is 1.38 bits per heavy atom. The highest BCUT2D eigenvalue weighted by Crippen LogP contribution is 2.29. The van der Waals surface area contributed by atoms with Crippen molar-refractivity contribution < 1.29 is 9.53 Å². The minimum absolute atomic E-state index is 0.190. The van der Waals surface area contributed by atoms with Crippen molar-refractivity contribution in [3.05, 3.63) is 24.3 Å². The van der Waals surface area contributed by atoms with Gasteiger partial charge in [0.05, 0.1) is 18.3 Å². The number of nitrogens with zero attached hydrogens (tertiary/aromatic N) is 3. The number of ether oxygens (including phenoxy) is 1. The third-order valence-electron chi connectivity index (χ3n) is 3.50. The lowest BCUT2D eigenvalue weighted by atomic mass is 10.0. The van der Waals surface area contributed by atoms with Crippen LogP contribution in [0.3, 0.4) is 0 Å². The molecule has 2 aromatic heterocycles. The second-order valence-electron chi connectivity index (χ2n) is 5.39. The van der Waals surface area contributed by atoms with Gasteiger partial charge in [-0.15, -0.1) is 0 Å². The minimum Gasteiger partial charge on any atom is -0.465 e. The Bertz CT molecular complexity index is 619. The molecule has 5 heteroatoms. The highest BCUT2D eigenvalue weighted by molar-refractivity contribution is 5.81. The van der Waals surface area contributed by atoms with Gasteiger partial charge < -0.3 is 9.30 Å². The van der Waals surface area contributed by atoms with Crippen molar-refractivity contribution in [2.24, 2.45) is 0 Å². The van der Waals surface area contributed by atoms with Gasteiger partial charge in [0.25, 0.3) is 0 Å². The highest BCUT2D eigenvalue weighted by atomic mass is 16.5. The third kappa shape index (κ3) is 3.06. The summed E-state index contributed by atoms with van der Waals surface area (Å²) in [6.07, 6.45) is 5.14. The van der Waals surface area contributed by atoms with Crippen LogP contribution in [0.1, 0.15) is 58.3 Å². The highest BCUT2D eigenvalue weighted by Gasteiger charge is 2.28. The van der Waals surface area contributed by atoms with Crippen LogP contribution >= 0.6 is 0 Å². The second kappa shape index (κ2) is 6.70. The predicted molar refractivity (Wildman–Crippen MR) is 82.2 cm³/mol. The van der Waals surface area contributed by atoms with Gasteiger partial charge >= 0.3 is 5.97 Å². The van der Waals surface area contributed by atoms with Crippen molar-refractivity contribution in [2.75, 3.05) is 6.61 Å². The van der Waals surface area contributed by atoms with Crippen molar-refractivity contribution in [1.29, 1.82) is 0 Å². The molecule has 2 aromatic rings. The Morgan fingerprint density at radius 2 is 2.14 bits per heavy atom. The molecule has 0 spiro atoms. The number of rotatable bonds is 6. The summed E-state index contributed by atoms with van der Waals surface area (Å²) in [6, 6.07) is 2.17. The summed E-state index contributed by atoms with van der Waals surface area (Å²) in [4.78, 5) is 21.1. The Balaban J connectivity index is 2.55. The van der Waals surface area contributed by atoms with Crippen LogP contribution in [0, 0.1) is 0 Å². The number of carbonyl (C=O) groups excluding carboxylic acids is 1. The first-order valence-electron chi connectivity index (χ1n) is 7.58. The van der Waals surface area contributed by atoms with E-state index >= 15 is 0 Å².